The number of hydrogen-bond donors (Lipinski definition) is 3. The van der Waals surface area contributed by atoms with Crippen molar-refractivity contribution in [3.05, 3.63) is 36.2 Å². The molecule has 116 valence electrons. The molecule has 0 radical (unpaired) electrons. The Morgan fingerprint density at radius 3 is 2.86 bits per heavy atom. The molecule has 0 unspecified atom stereocenters. The molecule has 0 bridgehead atoms. The van der Waals surface area contributed by atoms with Gasteiger partial charge in [0, 0.05) is 11.1 Å². The average Bonchev–Trinajstić information content (AvgIpc) is 3.05. The molecule has 3 N–H and O–H groups in total. The largest absolute Gasteiger partial charge is 0.480 e. The van der Waals surface area contributed by atoms with Crippen molar-refractivity contribution in [3.8, 4) is 11.4 Å². The molecule has 2 aromatic rings. The van der Waals surface area contributed by atoms with Gasteiger partial charge in [-0.1, -0.05) is 31.9 Å². The van der Waals surface area contributed by atoms with Crippen LogP contribution in [0.2, 0.25) is 0 Å². The summed E-state index contributed by atoms with van der Waals surface area (Å²) in [6, 6.07) is 5.92. The van der Waals surface area contributed by atoms with Crippen LogP contribution in [0.1, 0.15) is 36.5 Å². The number of carbonyl (C=O) groups excluding carboxylic acids is 1. The Bertz CT molecular complexity index is 640. The topological polar surface area (TPSA) is 108 Å². The number of aliphatic carboxylic acids is 1. The van der Waals surface area contributed by atoms with Gasteiger partial charge in [0.15, 0.2) is 5.82 Å². The van der Waals surface area contributed by atoms with Crippen LogP contribution in [0.25, 0.3) is 11.4 Å². The van der Waals surface area contributed by atoms with Gasteiger partial charge in [-0.15, -0.1) is 0 Å². The number of aromatic amines is 1. The lowest BCUT2D eigenvalue weighted by atomic mass is 10.1. The van der Waals surface area contributed by atoms with Gasteiger partial charge in [0.05, 0.1) is 0 Å². The number of carbonyl (C=O) groups is 2. The zero-order chi connectivity index (χ0) is 15.9. The fourth-order valence-corrected chi connectivity index (χ4v) is 2.06. The van der Waals surface area contributed by atoms with E-state index >= 15 is 0 Å². The van der Waals surface area contributed by atoms with Crippen LogP contribution in [0, 0.1) is 0 Å². The fraction of sp³-hybridized carbons (Fsp3) is 0.333. The summed E-state index contributed by atoms with van der Waals surface area (Å²) >= 11 is 0. The monoisotopic (exact) mass is 302 g/mol. The number of nitrogens with one attached hydrogen (secondary N) is 2. The molecule has 0 aliphatic rings. The third-order valence-corrected chi connectivity index (χ3v) is 3.26. The number of rotatable bonds is 7. The summed E-state index contributed by atoms with van der Waals surface area (Å²) in [7, 11) is 0. The molecule has 7 heteroatoms. The molecule has 2 rings (SSSR count). The number of amides is 1. The van der Waals surface area contributed by atoms with Gasteiger partial charge < -0.3 is 10.4 Å². The predicted molar refractivity (Wildman–Crippen MR) is 80.2 cm³/mol. The Morgan fingerprint density at radius 1 is 1.41 bits per heavy atom. The van der Waals surface area contributed by atoms with E-state index in [-0.39, 0.29) is 0 Å². The fourth-order valence-electron chi connectivity index (χ4n) is 2.06. The first-order chi connectivity index (χ1) is 10.6. The van der Waals surface area contributed by atoms with E-state index in [1.165, 1.54) is 6.33 Å². The molecular weight excluding hydrogens is 284 g/mol. The van der Waals surface area contributed by atoms with Crippen molar-refractivity contribution in [2.45, 2.75) is 32.2 Å². The van der Waals surface area contributed by atoms with Crippen molar-refractivity contribution in [2.75, 3.05) is 0 Å². The molecule has 1 atom stereocenters. The van der Waals surface area contributed by atoms with E-state index in [9.17, 15) is 9.59 Å². The first-order valence-corrected chi connectivity index (χ1v) is 7.11. The van der Waals surface area contributed by atoms with Crippen LogP contribution in [0.3, 0.4) is 0 Å². The van der Waals surface area contributed by atoms with Crippen LogP contribution < -0.4 is 5.32 Å². The summed E-state index contributed by atoms with van der Waals surface area (Å²) in [4.78, 5) is 27.4. The highest BCUT2D eigenvalue weighted by atomic mass is 16.4. The molecule has 1 amide bonds. The van der Waals surface area contributed by atoms with Gasteiger partial charge in [-0.2, -0.15) is 5.10 Å². The third-order valence-electron chi connectivity index (χ3n) is 3.26. The molecule has 1 heterocycles. The summed E-state index contributed by atoms with van der Waals surface area (Å²) in [5, 5.41) is 18.2. The molecule has 1 aromatic carbocycles. The number of H-pyrrole nitrogens is 1. The van der Waals surface area contributed by atoms with Gasteiger partial charge >= 0.3 is 5.97 Å². The molecule has 0 aliphatic heterocycles. The third kappa shape index (κ3) is 3.91. The molecule has 1 aromatic heterocycles. The summed E-state index contributed by atoms with van der Waals surface area (Å²) in [5.41, 5.74) is 1.10. The minimum atomic E-state index is -1.02. The Labute approximate surface area is 127 Å². The molecule has 0 saturated heterocycles. The predicted octanol–water partition coefficient (Wildman–Crippen LogP) is 1.84. The Hall–Kier alpha value is -2.70. The van der Waals surface area contributed by atoms with Gasteiger partial charge in [-0.05, 0) is 18.6 Å². The van der Waals surface area contributed by atoms with Gasteiger partial charge in [0.2, 0.25) is 0 Å². The van der Waals surface area contributed by atoms with Crippen molar-refractivity contribution in [1.29, 1.82) is 0 Å². The first kappa shape index (κ1) is 15.7. The highest BCUT2D eigenvalue weighted by molar-refractivity contribution is 5.97. The lowest BCUT2D eigenvalue weighted by Crippen LogP contribution is -2.40. The van der Waals surface area contributed by atoms with E-state index in [1.54, 1.807) is 24.3 Å². The Balaban J connectivity index is 2.12. The summed E-state index contributed by atoms with van der Waals surface area (Å²) < 4.78 is 0. The van der Waals surface area contributed by atoms with Gasteiger partial charge in [0.1, 0.15) is 12.4 Å². The number of benzene rings is 1. The van der Waals surface area contributed by atoms with Crippen LogP contribution in [-0.2, 0) is 4.79 Å². The number of hydrogen-bond acceptors (Lipinski definition) is 4. The maximum Gasteiger partial charge on any atom is 0.326 e. The number of carboxylic acids is 1. The number of aromatic nitrogens is 3. The number of unbranched alkanes of at least 4 members (excludes halogenated alkanes) is 1. The van der Waals surface area contributed by atoms with Crippen LogP contribution in [0.15, 0.2) is 30.6 Å². The van der Waals surface area contributed by atoms with E-state index < -0.39 is 17.9 Å². The number of carboxylic acid groups (broad SMARTS) is 1. The smallest absolute Gasteiger partial charge is 0.326 e. The summed E-state index contributed by atoms with van der Waals surface area (Å²) in [6.45, 7) is 1.97. The zero-order valence-electron chi connectivity index (χ0n) is 12.2. The zero-order valence-corrected chi connectivity index (χ0v) is 12.2. The van der Waals surface area contributed by atoms with Crippen molar-refractivity contribution in [1.82, 2.24) is 20.5 Å². The molecular formula is C15H18N4O3. The van der Waals surface area contributed by atoms with Crippen molar-refractivity contribution < 1.29 is 14.7 Å². The van der Waals surface area contributed by atoms with Crippen molar-refractivity contribution in [2.24, 2.45) is 0 Å². The quantitative estimate of drug-likeness (QED) is 0.723. The van der Waals surface area contributed by atoms with Crippen LogP contribution in [-0.4, -0.2) is 38.2 Å². The van der Waals surface area contributed by atoms with E-state index in [2.05, 4.69) is 20.5 Å². The van der Waals surface area contributed by atoms with Gasteiger partial charge in [0.25, 0.3) is 5.91 Å². The molecule has 0 fully saturated rings. The SMILES string of the molecule is CCCC[C@H](NC(=O)c1cccc(-c2ncn[nH]2)c1)C(=O)O. The van der Waals surface area contributed by atoms with Crippen molar-refractivity contribution >= 4 is 11.9 Å². The van der Waals surface area contributed by atoms with Gasteiger partial charge in [-0.3, -0.25) is 9.89 Å². The minimum absolute atomic E-state index is 0.386. The van der Waals surface area contributed by atoms with Crippen LogP contribution >= 0.6 is 0 Å². The molecule has 22 heavy (non-hydrogen) atoms. The second kappa shape index (κ2) is 7.35. The molecule has 0 aliphatic carbocycles. The Morgan fingerprint density at radius 2 is 2.23 bits per heavy atom. The number of nitrogens with zero attached hydrogens (tertiary/aromatic N) is 2. The maximum atomic E-state index is 12.2. The molecule has 0 saturated carbocycles. The Kier molecular flexibility index (Phi) is 5.24. The highest BCUT2D eigenvalue weighted by Gasteiger charge is 2.20. The van der Waals surface area contributed by atoms with E-state index in [1.807, 2.05) is 6.92 Å². The highest BCUT2D eigenvalue weighted by Crippen LogP contribution is 2.15. The summed E-state index contributed by atoms with van der Waals surface area (Å²) in [6.07, 6.45) is 3.42. The lowest BCUT2D eigenvalue weighted by Gasteiger charge is -2.14. The first-order valence-electron chi connectivity index (χ1n) is 7.11. The molecule has 0 spiro atoms. The van der Waals surface area contributed by atoms with E-state index in [0.29, 0.717) is 23.4 Å². The summed E-state index contributed by atoms with van der Waals surface area (Å²) in [5.74, 6) is -0.881. The molecule has 7 nitrogen and oxygen atoms in total. The van der Waals surface area contributed by atoms with E-state index in [0.717, 1.165) is 12.8 Å². The minimum Gasteiger partial charge on any atom is -0.480 e. The second-order valence-corrected chi connectivity index (χ2v) is 4.92. The standard InChI is InChI=1S/C15H18N4O3/c1-2-3-7-12(15(21)22)18-14(20)11-6-4-5-10(8-11)13-16-9-17-19-13/h4-6,8-9,12H,2-3,7H2,1H3,(H,18,20)(H,21,22)(H,16,17,19)/t12-/m0/s1. The lowest BCUT2D eigenvalue weighted by molar-refractivity contribution is -0.139. The van der Waals surface area contributed by atoms with Crippen LogP contribution in [0.5, 0.6) is 0 Å². The van der Waals surface area contributed by atoms with Crippen LogP contribution in [0.4, 0.5) is 0 Å². The van der Waals surface area contributed by atoms with Crippen molar-refractivity contribution in [3.63, 3.8) is 0 Å². The van der Waals surface area contributed by atoms with Gasteiger partial charge in [-0.25, -0.2) is 9.78 Å². The second-order valence-electron chi connectivity index (χ2n) is 4.92. The normalized spacial score (nSPS) is 11.9. The average molecular weight is 302 g/mol. The van der Waals surface area contributed by atoms with E-state index in [4.69, 9.17) is 5.11 Å². The maximum absolute atomic E-state index is 12.2.